The number of hydrogen-bond donors (Lipinski definition) is 0. The van der Waals surface area contributed by atoms with Crippen molar-refractivity contribution >= 4 is 61.1 Å². The van der Waals surface area contributed by atoms with E-state index >= 15 is 0 Å². The molecule has 3 atom stereocenters. The molecule has 1 rings (SSSR count). The molecule has 9 heavy (non-hydrogen) atoms. The van der Waals surface area contributed by atoms with Gasteiger partial charge in [0.25, 0.3) is 0 Å². The summed E-state index contributed by atoms with van der Waals surface area (Å²) in [7, 11) is 0. The van der Waals surface area contributed by atoms with E-state index in [4.69, 9.17) is 0 Å². The van der Waals surface area contributed by atoms with Gasteiger partial charge in [-0.3, -0.25) is 0 Å². The van der Waals surface area contributed by atoms with E-state index in [0.717, 1.165) is 12.7 Å². The quantitative estimate of drug-likeness (QED) is 0.420. The summed E-state index contributed by atoms with van der Waals surface area (Å²) < 4.78 is 1.73. The van der Waals surface area contributed by atoms with E-state index in [-0.39, 0.29) is 0 Å². The Balaban J connectivity index is 2.41. The lowest BCUT2D eigenvalue weighted by Gasteiger charge is -2.27. The SMILES string of the molecule is BrC1CCCC(I)C1I. The molecule has 1 fully saturated rings. The van der Waals surface area contributed by atoms with Gasteiger partial charge in [-0.25, -0.2) is 0 Å². The Morgan fingerprint density at radius 3 is 2.33 bits per heavy atom. The molecule has 0 bridgehead atoms. The molecule has 3 heteroatoms. The first-order valence-electron chi connectivity index (χ1n) is 3.14. The van der Waals surface area contributed by atoms with E-state index in [9.17, 15) is 0 Å². The van der Waals surface area contributed by atoms with Crippen LogP contribution >= 0.6 is 61.1 Å². The van der Waals surface area contributed by atoms with Gasteiger partial charge in [-0.15, -0.1) is 0 Å². The fraction of sp³-hybridized carbons (Fsp3) is 1.00. The Bertz CT molecular complexity index is 87.1. The molecule has 0 aromatic carbocycles. The van der Waals surface area contributed by atoms with Crippen LogP contribution in [0.1, 0.15) is 19.3 Å². The van der Waals surface area contributed by atoms with Crippen molar-refractivity contribution in [2.45, 2.75) is 31.9 Å². The van der Waals surface area contributed by atoms with Gasteiger partial charge in [0.15, 0.2) is 0 Å². The van der Waals surface area contributed by atoms with Crippen molar-refractivity contribution in [3.8, 4) is 0 Å². The molecular weight excluding hydrogens is 406 g/mol. The summed E-state index contributed by atoms with van der Waals surface area (Å²) in [6.45, 7) is 0. The second-order valence-corrected chi connectivity index (χ2v) is 6.62. The van der Waals surface area contributed by atoms with Crippen LogP contribution in [-0.4, -0.2) is 12.7 Å². The van der Waals surface area contributed by atoms with E-state index in [0.29, 0.717) is 0 Å². The molecule has 0 aliphatic heterocycles. The van der Waals surface area contributed by atoms with Crippen molar-refractivity contribution < 1.29 is 0 Å². The fourth-order valence-corrected chi connectivity index (χ4v) is 3.98. The zero-order chi connectivity index (χ0) is 6.85. The molecule has 0 heterocycles. The Hall–Kier alpha value is 1.94. The number of hydrogen-bond acceptors (Lipinski definition) is 0. The molecule has 0 nitrogen and oxygen atoms in total. The van der Waals surface area contributed by atoms with Crippen LogP contribution in [-0.2, 0) is 0 Å². The van der Waals surface area contributed by atoms with Crippen molar-refractivity contribution in [3.05, 3.63) is 0 Å². The van der Waals surface area contributed by atoms with Crippen LogP contribution in [0.15, 0.2) is 0 Å². The lowest BCUT2D eigenvalue weighted by Crippen LogP contribution is -2.28. The van der Waals surface area contributed by atoms with Gasteiger partial charge in [-0.2, -0.15) is 0 Å². The highest BCUT2D eigenvalue weighted by molar-refractivity contribution is 14.1. The second-order valence-electron chi connectivity index (χ2n) is 2.41. The van der Waals surface area contributed by atoms with E-state index in [1.165, 1.54) is 19.3 Å². The largest absolute Gasteiger partial charge is 0.0879 e. The van der Waals surface area contributed by atoms with Gasteiger partial charge in [-0.05, 0) is 12.8 Å². The zero-order valence-corrected chi connectivity index (χ0v) is 10.9. The molecule has 1 aliphatic rings. The minimum absolute atomic E-state index is 0.772. The first kappa shape index (κ1) is 9.03. The molecule has 0 amide bonds. The van der Waals surface area contributed by atoms with E-state index in [1.807, 2.05) is 0 Å². The Morgan fingerprint density at radius 2 is 1.89 bits per heavy atom. The van der Waals surface area contributed by atoms with Gasteiger partial charge in [-0.1, -0.05) is 67.5 Å². The van der Waals surface area contributed by atoms with Crippen LogP contribution in [0.25, 0.3) is 0 Å². The third-order valence-electron chi connectivity index (χ3n) is 1.65. The average molecular weight is 415 g/mol. The number of alkyl halides is 3. The van der Waals surface area contributed by atoms with Crippen LogP contribution in [0.4, 0.5) is 0 Å². The molecule has 0 aromatic rings. The number of rotatable bonds is 0. The van der Waals surface area contributed by atoms with Gasteiger partial charge in [0.05, 0.1) is 0 Å². The molecule has 0 spiro atoms. The molecule has 1 saturated carbocycles. The van der Waals surface area contributed by atoms with Crippen molar-refractivity contribution in [2.24, 2.45) is 0 Å². The van der Waals surface area contributed by atoms with Gasteiger partial charge in [0, 0.05) is 12.7 Å². The summed E-state index contributed by atoms with van der Waals surface area (Å²) in [5.41, 5.74) is 0. The maximum Gasteiger partial charge on any atom is 0.0353 e. The molecule has 3 unspecified atom stereocenters. The highest BCUT2D eigenvalue weighted by atomic mass is 127. The maximum absolute atomic E-state index is 3.68. The third-order valence-corrected chi connectivity index (χ3v) is 8.18. The highest BCUT2D eigenvalue weighted by Gasteiger charge is 2.27. The second kappa shape index (κ2) is 4.09. The summed E-state index contributed by atoms with van der Waals surface area (Å²) in [6.07, 6.45) is 4.19. The molecule has 0 radical (unpaired) electrons. The van der Waals surface area contributed by atoms with Crippen LogP contribution in [0.3, 0.4) is 0 Å². The van der Waals surface area contributed by atoms with Gasteiger partial charge < -0.3 is 0 Å². The van der Waals surface area contributed by atoms with Crippen LogP contribution < -0.4 is 0 Å². The smallest absolute Gasteiger partial charge is 0.0353 e. The standard InChI is InChI=1S/C6H9BrI2/c7-4-2-1-3-5(8)6(4)9/h4-6H,1-3H2. The minimum atomic E-state index is 0.772. The Morgan fingerprint density at radius 1 is 1.22 bits per heavy atom. The predicted molar refractivity (Wildman–Crippen MR) is 62.2 cm³/mol. The summed E-state index contributed by atoms with van der Waals surface area (Å²) in [4.78, 5) is 0.772. The summed E-state index contributed by atoms with van der Waals surface area (Å²) >= 11 is 8.80. The normalized spacial score (nSPS) is 45.0. The molecule has 0 aromatic heterocycles. The first-order valence-corrected chi connectivity index (χ1v) is 6.54. The van der Waals surface area contributed by atoms with Crippen LogP contribution in [0.5, 0.6) is 0 Å². The monoisotopic (exact) mass is 414 g/mol. The fourth-order valence-electron chi connectivity index (χ4n) is 1.05. The Kier molecular flexibility index (Phi) is 4.10. The highest BCUT2D eigenvalue weighted by Crippen LogP contribution is 2.34. The van der Waals surface area contributed by atoms with Crippen molar-refractivity contribution in [2.75, 3.05) is 0 Å². The van der Waals surface area contributed by atoms with E-state index in [1.54, 1.807) is 0 Å². The maximum atomic E-state index is 3.68. The molecular formula is C6H9BrI2. The Labute approximate surface area is 91.9 Å². The zero-order valence-electron chi connectivity index (χ0n) is 4.99. The van der Waals surface area contributed by atoms with Crippen molar-refractivity contribution in [1.29, 1.82) is 0 Å². The molecule has 0 N–H and O–H groups in total. The van der Waals surface area contributed by atoms with Gasteiger partial charge in [0.1, 0.15) is 0 Å². The summed E-state index contributed by atoms with van der Waals surface area (Å²) in [5.74, 6) is 0. The van der Waals surface area contributed by atoms with E-state index < -0.39 is 0 Å². The van der Waals surface area contributed by atoms with Crippen LogP contribution in [0.2, 0.25) is 0 Å². The molecule has 1 aliphatic carbocycles. The lowest BCUT2D eigenvalue weighted by atomic mass is 10.0. The predicted octanol–water partition coefficient (Wildman–Crippen LogP) is 3.54. The lowest BCUT2D eigenvalue weighted by molar-refractivity contribution is 0.569. The van der Waals surface area contributed by atoms with Crippen molar-refractivity contribution in [3.63, 3.8) is 0 Å². The van der Waals surface area contributed by atoms with Crippen LogP contribution in [0, 0.1) is 0 Å². The summed E-state index contributed by atoms with van der Waals surface area (Å²) in [6, 6.07) is 0. The summed E-state index contributed by atoms with van der Waals surface area (Å²) in [5, 5.41) is 0. The third kappa shape index (κ3) is 2.47. The van der Waals surface area contributed by atoms with Gasteiger partial charge >= 0.3 is 0 Å². The van der Waals surface area contributed by atoms with Gasteiger partial charge in [0.2, 0.25) is 0 Å². The topological polar surface area (TPSA) is 0 Å². The van der Waals surface area contributed by atoms with E-state index in [2.05, 4.69) is 61.1 Å². The molecule has 0 saturated heterocycles. The number of halogens is 3. The van der Waals surface area contributed by atoms with Crippen molar-refractivity contribution in [1.82, 2.24) is 0 Å². The molecule has 54 valence electrons. The minimum Gasteiger partial charge on any atom is -0.0879 e. The average Bonchev–Trinajstić information content (AvgIpc) is 1.83. The first-order chi connectivity index (χ1) is 4.22.